The molecule has 2 nitrogen and oxygen atoms in total. The minimum Gasteiger partial charge on any atom is -0.329 e. The highest BCUT2D eigenvalue weighted by Crippen LogP contribution is 2.34. The van der Waals surface area contributed by atoms with E-state index < -0.39 is 0 Å². The Hall–Kier alpha value is -0.510. The van der Waals surface area contributed by atoms with Crippen LogP contribution in [0.5, 0.6) is 0 Å². The molecule has 1 aliphatic heterocycles. The van der Waals surface area contributed by atoms with Crippen molar-refractivity contribution in [3.05, 3.63) is 35.4 Å². The van der Waals surface area contributed by atoms with Crippen LogP contribution in [0.1, 0.15) is 44.4 Å². The summed E-state index contributed by atoms with van der Waals surface area (Å²) in [5, 5.41) is 0. The van der Waals surface area contributed by atoms with Gasteiger partial charge in [0.25, 0.3) is 0 Å². The first-order valence-electron chi connectivity index (χ1n) is 7.73. The number of nitrogens with zero attached hydrogens (tertiary/aromatic N) is 1. The van der Waals surface area contributed by atoms with Crippen LogP contribution >= 0.6 is 11.8 Å². The van der Waals surface area contributed by atoms with Gasteiger partial charge in [0.15, 0.2) is 0 Å². The summed E-state index contributed by atoms with van der Waals surface area (Å²) in [5.74, 6) is 1.21. The van der Waals surface area contributed by atoms with Crippen LogP contribution in [0.3, 0.4) is 0 Å². The van der Waals surface area contributed by atoms with Gasteiger partial charge in [-0.15, -0.1) is 0 Å². The van der Waals surface area contributed by atoms with E-state index in [-0.39, 0.29) is 0 Å². The molecule has 0 saturated carbocycles. The fourth-order valence-corrected chi connectivity index (χ4v) is 4.12. The quantitative estimate of drug-likeness (QED) is 0.921. The van der Waals surface area contributed by atoms with Crippen molar-refractivity contribution >= 4 is 11.8 Å². The molecule has 112 valence electrons. The van der Waals surface area contributed by atoms with E-state index in [1.54, 1.807) is 0 Å². The van der Waals surface area contributed by atoms with Crippen molar-refractivity contribution in [3.8, 4) is 0 Å². The van der Waals surface area contributed by atoms with Gasteiger partial charge in [0.2, 0.25) is 0 Å². The van der Waals surface area contributed by atoms with Crippen molar-refractivity contribution in [2.75, 3.05) is 25.4 Å². The number of benzene rings is 1. The first kappa shape index (κ1) is 15.9. The zero-order chi connectivity index (χ0) is 14.6. The summed E-state index contributed by atoms with van der Waals surface area (Å²) in [5.41, 5.74) is 9.01. The lowest BCUT2D eigenvalue weighted by molar-refractivity contribution is 0.210. The van der Waals surface area contributed by atoms with E-state index >= 15 is 0 Å². The second-order valence-electron chi connectivity index (χ2n) is 6.20. The molecule has 1 saturated heterocycles. The Bertz CT molecular complexity index is 431. The zero-order valence-electron chi connectivity index (χ0n) is 13.1. The third kappa shape index (κ3) is 3.78. The molecule has 1 atom stereocenters. The summed E-state index contributed by atoms with van der Waals surface area (Å²) < 4.78 is 0.401. The van der Waals surface area contributed by atoms with Crippen LogP contribution < -0.4 is 5.73 Å². The molecule has 3 heteroatoms. The molecule has 0 amide bonds. The topological polar surface area (TPSA) is 29.3 Å². The van der Waals surface area contributed by atoms with Crippen molar-refractivity contribution in [2.24, 2.45) is 5.73 Å². The number of hydrogen-bond donors (Lipinski definition) is 1. The fraction of sp³-hybridized carbons (Fsp3) is 0.647. The van der Waals surface area contributed by atoms with Crippen LogP contribution in [0.15, 0.2) is 24.3 Å². The number of thioether (sulfide) groups is 1. The van der Waals surface area contributed by atoms with Gasteiger partial charge in [-0.3, -0.25) is 4.90 Å². The van der Waals surface area contributed by atoms with Crippen molar-refractivity contribution in [2.45, 2.75) is 44.4 Å². The Morgan fingerprint density at radius 3 is 2.75 bits per heavy atom. The van der Waals surface area contributed by atoms with Crippen molar-refractivity contribution < 1.29 is 0 Å². The summed E-state index contributed by atoms with van der Waals surface area (Å²) in [6, 6.07) is 9.17. The molecular formula is C17H28N2S. The van der Waals surface area contributed by atoms with Crippen LogP contribution in [0.4, 0.5) is 0 Å². The Morgan fingerprint density at radius 1 is 1.30 bits per heavy atom. The molecule has 1 heterocycles. The minimum atomic E-state index is 0.376. The normalized spacial score (nSPS) is 21.4. The highest BCUT2D eigenvalue weighted by atomic mass is 32.2. The zero-order valence-corrected chi connectivity index (χ0v) is 13.9. The van der Waals surface area contributed by atoms with Crippen LogP contribution in [0.25, 0.3) is 0 Å². The lowest BCUT2D eigenvalue weighted by Gasteiger charge is -2.31. The molecule has 0 aromatic heterocycles. The van der Waals surface area contributed by atoms with E-state index in [0.717, 1.165) is 19.5 Å². The molecule has 2 N–H and O–H groups in total. The second kappa shape index (κ2) is 6.97. The fourth-order valence-electron chi connectivity index (χ4n) is 3.00. The van der Waals surface area contributed by atoms with Gasteiger partial charge in [-0.25, -0.2) is 0 Å². The molecule has 2 rings (SSSR count). The SMILES string of the molecule is CCc1ccccc1C(CN)N1CCSC(C)(C)CC1. The Kier molecular flexibility index (Phi) is 5.53. The van der Waals surface area contributed by atoms with Crippen LogP contribution in [0.2, 0.25) is 0 Å². The van der Waals surface area contributed by atoms with E-state index in [9.17, 15) is 0 Å². The third-order valence-electron chi connectivity index (χ3n) is 4.33. The first-order chi connectivity index (χ1) is 9.57. The predicted octanol–water partition coefficient (Wildman–Crippen LogP) is 3.47. The lowest BCUT2D eigenvalue weighted by atomic mass is 9.97. The Balaban J connectivity index is 2.19. The monoisotopic (exact) mass is 292 g/mol. The average molecular weight is 292 g/mol. The summed E-state index contributed by atoms with van der Waals surface area (Å²) in [7, 11) is 0. The van der Waals surface area contributed by atoms with Gasteiger partial charge in [-0.1, -0.05) is 45.0 Å². The number of aryl methyl sites for hydroxylation is 1. The van der Waals surface area contributed by atoms with Crippen LogP contribution in [-0.4, -0.2) is 35.0 Å². The summed E-state index contributed by atoms with van der Waals surface area (Å²) >= 11 is 2.10. The molecule has 0 aliphatic carbocycles. The second-order valence-corrected chi connectivity index (χ2v) is 8.00. The summed E-state index contributed by atoms with van der Waals surface area (Å²) in [6.45, 7) is 9.96. The van der Waals surface area contributed by atoms with Gasteiger partial charge >= 0.3 is 0 Å². The maximum atomic E-state index is 6.13. The van der Waals surface area contributed by atoms with E-state index in [2.05, 4.69) is 61.7 Å². The van der Waals surface area contributed by atoms with Gasteiger partial charge in [0.1, 0.15) is 0 Å². The first-order valence-corrected chi connectivity index (χ1v) is 8.72. The van der Waals surface area contributed by atoms with Gasteiger partial charge in [-0.05, 0) is 24.0 Å². The molecule has 0 spiro atoms. The van der Waals surface area contributed by atoms with Crippen LogP contribution in [0, 0.1) is 0 Å². The predicted molar refractivity (Wildman–Crippen MR) is 90.3 cm³/mol. The highest BCUT2D eigenvalue weighted by Gasteiger charge is 2.28. The van der Waals surface area contributed by atoms with E-state index in [4.69, 9.17) is 5.73 Å². The van der Waals surface area contributed by atoms with Crippen LogP contribution in [-0.2, 0) is 6.42 Å². The van der Waals surface area contributed by atoms with Crippen molar-refractivity contribution in [1.29, 1.82) is 0 Å². The third-order valence-corrected chi connectivity index (χ3v) is 5.70. The Labute approximate surface area is 128 Å². The van der Waals surface area contributed by atoms with Gasteiger partial charge in [-0.2, -0.15) is 11.8 Å². The molecule has 1 aromatic carbocycles. The number of hydrogen-bond acceptors (Lipinski definition) is 3. The van der Waals surface area contributed by atoms with Crippen molar-refractivity contribution in [1.82, 2.24) is 4.90 Å². The maximum absolute atomic E-state index is 6.13. The summed E-state index contributed by atoms with van der Waals surface area (Å²) in [4.78, 5) is 2.59. The molecule has 1 unspecified atom stereocenters. The van der Waals surface area contributed by atoms with Gasteiger partial charge < -0.3 is 5.73 Å². The average Bonchev–Trinajstić information content (AvgIpc) is 2.62. The standard InChI is InChI=1S/C17H28N2S/c1-4-14-7-5-6-8-15(14)16(13-18)19-10-9-17(2,3)20-12-11-19/h5-8,16H,4,9-13,18H2,1-3H3. The highest BCUT2D eigenvalue weighted by molar-refractivity contribution is 8.00. The summed E-state index contributed by atoms with van der Waals surface area (Å²) in [6.07, 6.45) is 2.32. The van der Waals surface area contributed by atoms with Gasteiger partial charge in [0, 0.05) is 36.2 Å². The molecule has 0 bridgehead atoms. The molecule has 1 aliphatic rings. The molecule has 0 radical (unpaired) electrons. The lowest BCUT2D eigenvalue weighted by Crippen LogP contribution is -2.36. The molecule has 1 aromatic rings. The number of nitrogens with two attached hydrogens (primary N) is 1. The van der Waals surface area contributed by atoms with E-state index in [0.29, 0.717) is 17.3 Å². The largest absolute Gasteiger partial charge is 0.329 e. The van der Waals surface area contributed by atoms with E-state index in [1.165, 1.54) is 23.3 Å². The molecule has 1 fully saturated rings. The molecule has 20 heavy (non-hydrogen) atoms. The number of rotatable bonds is 4. The Morgan fingerprint density at radius 2 is 2.05 bits per heavy atom. The van der Waals surface area contributed by atoms with Gasteiger partial charge in [0.05, 0.1) is 0 Å². The van der Waals surface area contributed by atoms with E-state index in [1.807, 2.05) is 0 Å². The van der Waals surface area contributed by atoms with Crippen molar-refractivity contribution in [3.63, 3.8) is 0 Å². The molecular weight excluding hydrogens is 264 g/mol. The minimum absolute atomic E-state index is 0.376. The smallest absolute Gasteiger partial charge is 0.0473 e. The maximum Gasteiger partial charge on any atom is 0.0473 e.